The van der Waals surface area contributed by atoms with Gasteiger partial charge < -0.3 is 5.43 Å². The minimum atomic E-state index is 0.546. The number of nitrogens with one attached hydrogen (secondary N) is 1. The average Bonchev–Trinajstić information content (AvgIpc) is 1.88. The summed E-state index contributed by atoms with van der Waals surface area (Å²) in [5.41, 5.74) is 2.36. The van der Waals surface area contributed by atoms with Gasteiger partial charge in [0.15, 0.2) is 5.82 Å². The van der Waals surface area contributed by atoms with Gasteiger partial charge in [0.05, 0.1) is 12.4 Å². The number of anilines is 1. The van der Waals surface area contributed by atoms with E-state index in [4.69, 9.17) is 5.84 Å². The van der Waals surface area contributed by atoms with Gasteiger partial charge in [-0.25, -0.2) is 10.8 Å². The number of hydrogen-bond donors (Lipinski definition) is 2. The zero-order chi connectivity index (χ0) is 6.69. The highest BCUT2D eigenvalue weighted by atomic mass is 79.9. The monoisotopic (exact) mass is 188 g/mol. The Morgan fingerprint density at radius 2 is 2.33 bits per heavy atom. The molecule has 0 saturated carbocycles. The molecule has 1 heterocycles. The Morgan fingerprint density at radius 1 is 1.56 bits per heavy atom. The predicted molar refractivity (Wildman–Crippen MR) is 37.5 cm³/mol. The van der Waals surface area contributed by atoms with Crippen LogP contribution < -0.4 is 11.3 Å². The maximum atomic E-state index is 5.05. The fourth-order valence-corrected chi connectivity index (χ4v) is 0.721. The molecule has 0 aromatic carbocycles. The van der Waals surface area contributed by atoms with E-state index in [-0.39, 0.29) is 0 Å². The molecular weight excluding hydrogens is 184 g/mol. The Hall–Kier alpha value is -0.680. The lowest BCUT2D eigenvalue weighted by molar-refractivity contribution is 1.13. The highest BCUT2D eigenvalue weighted by molar-refractivity contribution is 9.10. The van der Waals surface area contributed by atoms with Gasteiger partial charge in [0.2, 0.25) is 0 Å². The molecule has 0 unspecified atom stereocenters. The third-order valence-corrected chi connectivity index (χ3v) is 1.14. The summed E-state index contributed by atoms with van der Waals surface area (Å²) in [7, 11) is 0. The van der Waals surface area contributed by atoms with Crippen LogP contribution in [0.2, 0.25) is 0 Å². The zero-order valence-corrected chi connectivity index (χ0v) is 6.09. The molecule has 48 valence electrons. The number of nitrogens with two attached hydrogens (primary N) is 1. The topological polar surface area (TPSA) is 63.8 Å². The predicted octanol–water partition coefficient (Wildman–Crippen LogP) is 0.525. The lowest BCUT2D eigenvalue weighted by Gasteiger charge is -1.95. The minimum absolute atomic E-state index is 0.546. The molecule has 1 aromatic rings. The van der Waals surface area contributed by atoms with Crippen molar-refractivity contribution >= 4 is 21.7 Å². The average molecular weight is 189 g/mol. The molecule has 0 aliphatic heterocycles. The van der Waals surface area contributed by atoms with E-state index in [9.17, 15) is 0 Å². The molecule has 0 bridgehead atoms. The van der Waals surface area contributed by atoms with Gasteiger partial charge in [-0.1, -0.05) is 0 Å². The van der Waals surface area contributed by atoms with Gasteiger partial charge >= 0.3 is 0 Å². The maximum Gasteiger partial charge on any atom is 0.159 e. The van der Waals surface area contributed by atoms with Crippen LogP contribution in [0.25, 0.3) is 0 Å². The fourth-order valence-electron chi connectivity index (χ4n) is 0.412. The second kappa shape index (κ2) is 2.75. The second-order valence-electron chi connectivity index (χ2n) is 1.37. The fraction of sp³-hybridized carbons (Fsp3) is 0. The normalized spacial score (nSPS) is 9.11. The van der Waals surface area contributed by atoms with E-state index in [1.165, 1.54) is 6.20 Å². The van der Waals surface area contributed by atoms with Crippen molar-refractivity contribution in [3.8, 4) is 0 Å². The van der Waals surface area contributed by atoms with Crippen LogP contribution in [0.4, 0.5) is 5.82 Å². The smallest absolute Gasteiger partial charge is 0.159 e. The van der Waals surface area contributed by atoms with Gasteiger partial charge in [0, 0.05) is 0 Å². The third kappa shape index (κ3) is 1.62. The van der Waals surface area contributed by atoms with Crippen molar-refractivity contribution in [2.45, 2.75) is 0 Å². The Bertz CT molecular complexity index is 202. The number of hydrogen-bond acceptors (Lipinski definition) is 4. The minimum Gasteiger partial charge on any atom is -0.307 e. The van der Waals surface area contributed by atoms with E-state index < -0.39 is 0 Å². The number of hydrazine groups is 1. The van der Waals surface area contributed by atoms with Crippen LogP contribution in [0.3, 0.4) is 0 Å². The summed E-state index contributed by atoms with van der Waals surface area (Å²) in [5, 5.41) is 0. The molecule has 0 spiro atoms. The van der Waals surface area contributed by atoms with E-state index in [1.807, 2.05) is 0 Å². The van der Waals surface area contributed by atoms with Crippen LogP contribution in [-0.2, 0) is 0 Å². The van der Waals surface area contributed by atoms with Crippen molar-refractivity contribution in [3.63, 3.8) is 0 Å². The molecule has 1 aromatic heterocycles. The van der Waals surface area contributed by atoms with Gasteiger partial charge in [-0.2, -0.15) is 0 Å². The molecule has 0 aliphatic rings. The highest BCUT2D eigenvalue weighted by Gasteiger charge is 1.89. The molecule has 0 fully saturated rings. The summed E-state index contributed by atoms with van der Waals surface area (Å²) < 4.78 is 0.665. The first-order valence-corrected chi connectivity index (χ1v) is 3.06. The first-order valence-electron chi connectivity index (χ1n) is 2.27. The van der Waals surface area contributed by atoms with E-state index in [1.54, 1.807) is 6.20 Å². The molecule has 4 nitrogen and oxygen atoms in total. The van der Waals surface area contributed by atoms with Crippen LogP contribution in [0.15, 0.2) is 17.0 Å². The summed E-state index contributed by atoms with van der Waals surface area (Å²) in [6.07, 6.45) is 3.12. The molecule has 5 heteroatoms. The number of halogens is 1. The van der Waals surface area contributed by atoms with Crippen molar-refractivity contribution in [2.75, 3.05) is 5.43 Å². The molecule has 9 heavy (non-hydrogen) atoms. The van der Waals surface area contributed by atoms with Crippen molar-refractivity contribution in [1.29, 1.82) is 0 Å². The van der Waals surface area contributed by atoms with Crippen molar-refractivity contribution in [3.05, 3.63) is 17.0 Å². The largest absolute Gasteiger partial charge is 0.307 e. The van der Waals surface area contributed by atoms with E-state index in [0.717, 1.165) is 0 Å². The Morgan fingerprint density at radius 3 is 2.78 bits per heavy atom. The Balaban J connectivity index is 2.94. The van der Waals surface area contributed by atoms with Crippen molar-refractivity contribution in [2.24, 2.45) is 5.84 Å². The molecule has 0 atom stereocenters. The molecular formula is C4H5BrN4. The Kier molecular flexibility index (Phi) is 1.96. The number of aromatic nitrogens is 2. The number of nitrogens with zero attached hydrogens (tertiary/aromatic N) is 2. The molecule has 3 N–H and O–H groups in total. The van der Waals surface area contributed by atoms with E-state index >= 15 is 0 Å². The van der Waals surface area contributed by atoms with Crippen molar-refractivity contribution in [1.82, 2.24) is 9.97 Å². The van der Waals surface area contributed by atoms with Gasteiger partial charge in [0.25, 0.3) is 0 Å². The quantitative estimate of drug-likeness (QED) is 0.499. The van der Waals surface area contributed by atoms with Crippen LogP contribution in [0.5, 0.6) is 0 Å². The summed E-state index contributed by atoms with van der Waals surface area (Å²) in [6, 6.07) is 0. The van der Waals surface area contributed by atoms with Gasteiger partial charge in [0.1, 0.15) is 4.60 Å². The molecule has 0 amide bonds. The summed E-state index contributed by atoms with van der Waals surface area (Å²) in [4.78, 5) is 7.71. The van der Waals surface area contributed by atoms with E-state index in [0.29, 0.717) is 10.4 Å². The van der Waals surface area contributed by atoms with Gasteiger partial charge in [-0.05, 0) is 15.9 Å². The zero-order valence-electron chi connectivity index (χ0n) is 4.50. The molecule has 0 radical (unpaired) electrons. The maximum absolute atomic E-state index is 5.05. The lowest BCUT2D eigenvalue weighted by Crippen LogP contribution is -2.08. The first kappa shape index (κ1) is 6.44. The van der Waals surface area contributed by atoms with Crippen LogP contribution in [0, 0.1) is 0 Å². The highest BCUT2D eigenvalue weighted by Crippen LogP contribution is 2.05. The standard InChI is InChI=1S/C4H5BrN4/c5-3-1-7-2-4(8-3)9-6/h1-2H,6H2,(H,8,9). The number of rotatable bonds is 1. The molecule has 0 saturated heterocycles. The molecule has 0 aliphatic carbocycles. The Labute approximate surface area is 60.6 Å². The molecule has 1 rings (SSSR count). The third-order valence-electron chi connectivity index (χ3n) is 0.753. The van der Waals surface area contributed by atoms with Crippen LogP contribution >= 0.6 is 15.9 Å². The van der Waals surface area contributed by atoms with Gasteiger partial charge in [-0.15, -0.1) is 0 Å². The summed E-state index contributed by atoms with van der Waals surface area (Å²) in [6.45, 7) is 0. The second-order valence-corrected chi connectivity index (χ2v) is 2.18. The summed E-state index contributed by atoms with van der Waals surface area (Å²) >= 11 is 3.13. The summed E-state index contributed by atoms with van der Waals surface area (Å²) in [5.74, 6) is 5.59. The SMILES string of the molecule is NNc1cncc(Br)n1. The van der Waals surface area contributed by atoms with Crippen LogP contribution in [0.1, 0.15) is 0 Å². The number of nitrogen functional groups attached to an aromatic ring is 1. The van der Waals surface area contributed by atoms with Gasteiger partial charge in [-0.3, -0.25) is 4.98 Å². The van der Waals surface area contributed by atoms with Crippen LogP contribution in [-0.4, -0.2) is 9.97 Å². The lowest BCUT2D eigenvalue weighted by atomic mass is 10.7. The van der Waals surface area contributed by atoms with Crippen molar-refractivity contribution < 1.29 is 0 Å². The first-order chi connectivity index (χ1) is 4.33. The van der Waals surface area contributed by atoms with E-state index in [2.05, 4.69) is 31.3 Å².